The third-order valence-corrected chi connectivity index (χ3v) is 1.83. The standard InChI is InChI=1S/C4H2Br2F2N2/c5-2-1-3(6)10(9-2)4(7)8/h1,4H. The third kappa shape index (κ3) is 1.54. The second-order valence-corrected chi connectivity index (χ2v) is 3.14. The first kappa shape index (κ1) is 8.13. The molecule has 1 heterocycles. The van der Waals surface area contributed by atoms with E-state index < -0.39 is 6.55 Å². The first-order valence-corrected chi connectivity index (χ1v) is 3.88. The van der Waals surface area contributed by atoms with E-state index in [-0.39, 0.29) is 4.60 Å². The van der Waals surface area contributed by atoms with Crippen LogP contribution in [0.5, 0.6) is 0 Å². The largest absolute Gasteiger partial charge is 0.334 e. The van der Waals surface area contributed by atoms with E-state index in [4.69, 9.17) is 0 Å². The number of nitrogens with zero attached hydrogens (tertiary/aromatic N) is 2. The Labute approximate surface area is 72.5 Å². The van der Waals surface area contributed by atoms with Crippen LogP contribution in [0.15, 0.2) is 15.3 Å². The average Bonchev–Trinajstić information content (AvgIpc) is 2.10. The van der Waals surface area contributed by atoms with E-state index in [1.54, 1.807) is 0 Å². The molecule has 6 heteroatoms. The predicted octanol–water partition coefficient (Wildman–Crippen LogP) is 2.80. The molecule has 0 fully saturated rings. The second-order valence-electron chi connectivity index (χ2n) is 1.51. The van der Waals surface area contributed by atoms with Gasteiger partial charge in [-0.05, 0) is 31.9 Å². The van der Waals surface area contributed by atoms with Crippen LogP contribution in [0.4, 0.5) is 8.78 Å². The molecule has 0 saturated carbocycles. The molecule has 56 valence electrons. The highest BCUT2D eigenvalue weighted by Gasteiger charge is 2.11. The zero-order valence-electron chi connectivity index (χ0n) is 4.56. The third-order valence-electron chi connectivity index (χ3n) is 0.845. The van der Waals surface area contributed by atoms with E-state index in [1.807, 2.05) is 0 Å². The highest BCUT2D eigenvalue weighted by atomic mass is 79.9. The summed E-state index contributed by atoms with van der Waals surface area (Å²) in [4.78, 5) is 0. The van der Waals surface area contributed by atoms with Gasteiger partial charge in [-0.15, -0.1) is 0 Å². The summed E-state index contributed by atoms with van der Waals surface area (Å²) in [5.74, 6) is 0. The van der Waals surface area contributed by atoms with Crippen molar-refractivity contribution in [1.29, 1.82) is 0 Å². The Hall–Kier alpha value is 0.0300. The number of hydrogen-bond acceptors (Lipinski definition) is 1. The number of hydrogen-bond donors (Lipinski definition) is 0. The molecule has 0 bridgehead atoms. The van der Waals surface area contributed by atoms with Crippen molar-refractivity contribution < 1.29 is 8.78 Å². The summed E-state index contributed by atoms with van der Waals surface area (Å²) in [5, 5.41) is 3.45. The Morgan fingerprint density at radius 1 is 1.50 bits per heavy atom. The molecule has 2 nitrogen and oxygen atoms in total. The summed E-state index contributed by atoms with van der Waals surface area (Å²) in [7, 11) is 0. The van der Waals surface area contributed by atoms with E-state index in [2.05, 4.69) is 37.0 Å². The van der Waals surface area contributed by atoms with Gasteiger partial charge in [0.25, 0.3) is 0 Å². The predicted molar refractivity (Wildman–Crippen MR) is 38.9 cm³/mol. The summed E-state index contributed by atoms with van der Waals surface area (Å²) in [6.45, 7) is -2.60. The minimum absolute atomic E-state index is 0.259. The van der Waals surface area contributed by atoms with E-state index in [0.29, 0.717) is 9.28 Å². The fraction of sp³-hybridized carbons (Fsp3) is 0.250. The number of alkyl halides is 2. The quantitative estimate of drug-likeness (QED) is 0.771. The van der Waals surface area contributed by atoms with Gasteiger partial charge in [-0.3, -0.25) is 0 Å². The van der Waals surface area contributed by atoms with Crippen LogP contribution < -0.4 is 0 Å². The molecule has 0 radical (unpaired) electrons. The van der Waals surface area contributed by atoms with Crippen molar-refractivity contribution in [2.24, 2.45) is 0 Å². The van der Waals surface area contributed by atoms with Crippen LogP contribution in [0, 0.1) is 0 Å². The minimum atomic E-state index is -2.60. The maximum atomic E-state index is 11.9. The molecule has 0 spiro atoms. The summed E-state index contributed by atoms with van der Waals surface area (Å²) >= 11 is 5.86. The molecule has 0 aliphatic heterocycles. The molecule has 0 aliphatic rings. The lowest BCUT2D eigenvalue weighted by molar-refractivity contribution is 0.0538. The van der Waals surface area contributed by atoms with E-state index in [0.717, 1.165) is 0 Å². The SMILES string of the molecule is FC(F)n1nc(Br)cc1Br. The van der Waals surface area contributed by atoms with Gasteiger partial charge >= 0.3 is 6.55 Å². The van der Waals surface area contributed by atoms with Crippen molar-refractivity contribution in [3.63, 3.8) is 0 Å². The van der Waals surface area contributed by atoms with Crippen LogP contribution in [0.3, 0.4) is 0 Å². The number of halogens is 4. The van der Waals surface area contributed by atoms with Crippen LogP contribution in [-0.2, 0) is 0 Å². The van der Waals surface area contributed by atoms with Gasteiger partial charge in [0.15, 0.2) is 0 Å². The molecular weight excluding hydrogens is 274 g/mol. The molecule has 0 amide bonds. The van der Waals surface area contributed by atoms with Gasteiger partial charge < -0.3 is 0 Å². The Balaban J connectivity index is 3.03. The summed E-state index contributed by atoms with van der Waals surface area (Å²) in [6.07, 6.45) is 0. The van der Waals surface area contributed by atoms with Crippen molar-refractivity contribution in [2.75, 3.05) is 0 Å². The highest BCUT2D eigenvalue weighted by molar-refractivity contribution is 9.11. The normalized spacial score (nSPS) is 10.9. The molecule has 0 aromatic carbocycles. The Bertz CT molecular complexity index is 235. The fourth-order valence-electron chi connectivity index (χ4n) is 0.481. The van der Waals surface area contributed by atoms with Crippen LogP contribution in [0.1, 0.15) is 6.55 Å². The molecular formula is C4H2Br2F2N2. The molecule has 1 aromatic rings. The topological polar surface area (TPSA) is 17.8 Å². The molecule has 0 unspecified atom stereocenters. The van der Waals surface area contributed by atoms with Crippen molar-refractivity contribution in [3.05, 3.63) is 15.3 Å². The van der Waals surface area contributed by atoms with Crippen molar-refractivity contribution >= 4 is 31.9 Å². The van der Waals surface area contributed by atoms with E-state index in [1.165, 1.54) is 6.07 Å². The summed E-state index contributed by atoms with van der Waals surface area (Å²) in [5.41, 5.74) is 0. The van der Waals surface area contributed by atoms with Crippen molar-refractivity contribution in [3.8, 4) is 0 Å². The van der Waals surface area contributed by atoms with E-state index >= 15 is 0 Å². The van der Waals surface area contributed by atoms with Gasteiger partial charge in [-0.2, -0.15) is 18.6 Å². The van der Waals surface area contributed by atoms with Crippen LogP contribution in [0.2, 0.25) is 0 Å². The average molecular weight is 276 g/mol. The molecule has 0 atom stereocenters. The molecule has 0 N–H and O–H groups in total. The van der Waals surface area contributed by atoms with Gasteiger partial charge in [0, 0.05) is 6.07 Å². The van der Waals surface area contributed by atoms with Crippen LogP contribution >= 0.6 is 31.9 Å². The maximum Gasteiger partial charge on any atom is 0.334 e. The lowest BCUT2D eigenvalue weighted by Crippen LogP contribution is -1.99. The zero-order valence-corrected chi connectivity index (χ0v) is 7.73. The van der Waals surface area contributed by atoms with Crippen LogP contribution in [-0.4, -0.2) is 9.78 Å². The van der Waals surface area contributed by atoms with Gasteiger partial charge in [-0.25, -0.2) is 0 Å². The Kier molecular flexibility index (Phi) is 2.40. The van der Waals surface area contributed by atoms with Gasteiger partial charge in [0.05, 0.1) is 0 Å². The monoisotopic (exact) mass is 274 g/mol. The lowest BCUT2D eigenvalue weighted by atomic mass is 10.7. The highest BCUT2D eigenvalue weighted by Crippen LogP contribution is 2.21. The molecule has 1 aromatic heterocycles. The molecule has 0 aliphatic carbocycles. The second kappa shape index (κ2) is 2.96. The van der Waals surface area contributed by atoms with Gasteiger partial charge in [0.1, 0.15) is 9.21 Å². The minimum Gasteiger partial charge on any atom is -0.196 e. The molecule has 1 rings (SSSR count). The van der Waals surface area contributed by atoms with Crippen molar-refractivity contribution in [1.82, 2.24) is 9.78 Å². The smallest absolute Gasteiger partial charge is 0.196 e. The molecule has 10 heavy (non-hydrogen) atoms. The first-order chi connectivity index (χ1) is 4.61. The van der Waals surface area contributed by atoms with Gasteiger partial charge in [-0.1, -0.05) is 0 Å². The van der Waals surface area contributed by atoms with Crippen LogP contribution in [0.25, 0.3) is 0 Å². The number of rotatable bonds is 1. The number of aromatic nitrogens is 2. The maximum absolute atomic E-state index is 11.9. The van der Waals surface area contributed by atoms with Crippen molar-refractivity contribution in [2.45, 2.75) is 6.55 Å². The first-order valence-electron chi connectivity index (χ1n) is 2.30. The zero-order chi connectivity index (χ0) is 7.72. The lowest BCUT2D eigenvalue weighted by Gasteiger charge is -1.97. The summed E-state index contributed by atoms with van der Waals surface area (Å²) in [6, 6.07) is 1.45. The van der Waals surface area contributed by atoms with E-state index in [9.17, 15) is 8.78 Å². The Morgan fingerprint density at radius 2 is 2.10 bits per heavy atom. The fourth-order valence-corrected chi connectivity index (χ4v) is 1.63. The van der Waals surface area contributed by atoms with Gasteiger partial charge in [0.2, 0.25) is 0 Å². The molecule has 0 saturated heterocycles. The Morgan fingerprint density at radius 3 is 2.30 bits per heavy atom. The summed E-state index contributed by atoms with van der Waals surface area (Å²) < 4.78 is 25.0.